The lowest BCUT2D eigenvalue weighted by molar-refractivity contribution is -0.252. The summed E-state index contributed by atoms with van der Waals surface area (Å²) >= 11 is 0. The molecule has 3 fully saturated rings. The molecule has 0 aromatic rings. The third kappa shape index (κ3) is 3.63. The van der Waals surface area contributed by atoms with Crippen molar-refractivity contribution in [3.05, 3.63) is 35.5 Å². The predicted octanol–water partition coefficient (Wildman–Crippen LogP) is 6.12. The predicted molar refractivity (Wildman–Crippen MR) is 131 cm³/mol. The van der Waals surface area contributed by atoms with E-state index in [9.17, 15) is 10.0 Å². The molecule has 5 rings (SSSR count). The third-order valence-corrected chi connectivity index (χ3v) is 10.6. The largest absolute Gasteiger partial charge is 0.372 e. The smallest absolute Gasteiger partial charge is 0.155 e. The summed E-state index contributed by atoms with van der Waals surface area (Å²) in [6.07, 6.45) is 12.4. The molecule has 3 aliphatic carbocycles. The van der Waals surface area contributed by atoms with Gasteiger partial charge in [-0.1, -0.05) is 31.1 Å². The molecule has 2 saturated carbocycles. The minimum atomic E-state index is -0.428. The van der Waals surface area contributed by atoms with E-state index >= 15 is 0 Å². The van der Waals surface area contributed by atoms with E-state index in [4.69, 9.17) is 4.74 Å². The molecular weight excluding hydrogens is 410 g/mol. The zero-order valence-corrected chi connectivity index (χ0v) is 21.1. The van der Waals surface area contributed by atoms with Crippen LogP contribution in [0.25, 0.3) is 0 Å². The fourth-order valence-corrected chi connectivity index (χ4v) is 8.47. The Balaban J connectivity index is 1.49. The minimum absolute atomic E-state index is 0.00133. The van der Waals surface area contributed by atoms with Crippen molar-refractivity contribution in [2.75, 3.05) is 13.2 Å². The van der Waals surface area contributed by atoms with Crippen molar-refractivity contribution in [1.82, 2.24) is 5.06 Å². The molecule has 2 aliphatic heterocycles. The summed E-state index contributed by atoms with van der Waals surface area (Å²) in [7, 11) is 0. The van der Waals surface area contributed by atoms with Crippen molar-refractivity contribution >= 4 is 5.78 Å². The lowest BCUT2D eigenvalue weighted by atomic mass is 9.56. The Bertz CT molecular complexity index is 889. The Kier molecular flexibility index (Phi) is 6.03. The van der Waals surface area contributed by atoms with Gasteiger partial charge in [-0.05, 0) is 105 Å². The molecule has 0 aromatic heterocycles. The molecule has 0 spiro atoms. The fourth-order valence-electron chi connectivity index (χ4n) is 8.47. The van der Waals surface area contributed by atoms with Gasteiger partial charge in [0.1, 0.15) is 0 Å². The number of hydrogen-bond donors (Lipinski definition) is 1. The highest BCUT2D eigenvalue weighted by atomic mass is 16.5. The minimum Gasteiger partial charge on any atom is -0.372 e. The van der Waals surface area contributed by atoms with Crippen molar-refractivity contribution < 1.29 is 14.7 Å². The number of ether oxygens (including phenoxy) is 1. The number of ketones is 1. The second-order valence-corrected chi connectivity index (χ2v) is 12.3. The van der Waals surface area contributed by atoms with Crippen LogP contribution in [0.1, 0.15) is 79.1 Å². The first-order valence-corrected chi connectivity index (χ1v) is 13.3. The molecule has 0 amide bonds. The lowest BCUT2D eigenvalue weighted by Gasteiger charge is -2.52. The maximum atomic E-state index is 12.2. The molecule has 2 heterocycles. The molecule has 0 radical (unpaired) electrons. The van der Waals surface area contributed by atoms with E-state index in [1.165, 1.54) is 17.6 Å². The normalized spacial score (nSPS) is 48.8. The van der Waals surface area contributed by atoms with Gasteiger partial charge in [0.15, 0.2) is 5.78 Å². The summed E-state index contributed by atoms with van der Waals surface area (Å²) in [6.45, 7) is 14.7. The topological polar surface area (TPSA) is 49.8 Å². The van der Waals surface area contributed by atoms with Crippen molar-refractivity contribution in [1.29, 1.82) is 0 Å². The van der Waals surface area contributed by atoms with Gasteiger partial charge in [-0.25, -0.2) is 0 Å². The first-order chi connectivity index (χ1) is 15.7. The Morgan fingerprint density at radius 2 is 2.03 bits per heavy atom. The molecule has 5 aliphatic rings. The number of hydroxylamine groups is 2. The quantitative estimate of drug-likeness (QED) is 0.486. The maximum Gasteiger partial charge on any atom is 0.155 e. The Morgan fingerprint density at radius 1 is 1.24 bits per heavy atom. The summed E-state index contributed by atoms with van der Waals surface area (Å²) in [6, 6.07) is 0. The molecule has 8 atom stereocenters. The summed E-state index contributed by atoms with van der Waals surface area (Å²) in [4.78, 5) is 12.2. The number of nitrogens with zero attached hydrogens (tertiary/aromatic N) is 1. The van der Waals surface area contributed by atoms with E-state index in [1.807, 2.05) is 6.08 Å². The van der Waals surface area contributed by atoms with Crippen LogP contribution in [0.5, 0.6) is 0 Å². The second kappa shape index (κ2) is 8.46. The molecule has 4 nitrogen and oxygen atoms in total. The summed E-state index contributed by atoms with van der Waals surface area (Å²) in [5.74, 6) is 2.85. The van der Waals surface area contributed by atoms with E-state index in [-0.39, 0.29) is 17.4 Å². The van der Waals surface area contributed by atoms with Crippen molar-refractivity contribution in [3.8, 4) is 0 Å². The molecule has 1 N–H and O–H groups in total. The van der Waals surface area contributed by atoms with Crippen LogP contribution in [0, 0.1) is 35.0 Å². The number of piperidine rings is 1. The summed E-state index contributed by atoms with van der Waals surface area (Å²) in [5, 5.41) is 12.7. The Labute approximate surface area is 200 Å². The highest BCUT2D eigenvalue weighted by Crippen LogP contribution is 2.62. The van der Waals surface area contributed by atoms with Crippen LogP contribution >= 0.6 is 0 Å². The van der Waals surface area contributed by atoms with E-state index in [0.29, 0.717) is 49.0 Å². The molecule has 0 aromatic carbocycles. The van der Waals surface area contributed by atoms with Crippen LogP contribution < -0.4 is 0 Å². The van der Waals surface area contributed by atoms with Gasteiger partial charge in [-0.2, -0.15) is 5.06 Å². The maximum absolute atomic E-state index is 12.2. The van der Waals surface area contributed by atoms with Gasteiger partial charge in [-0.15, -0.1) is 6.58 Å². The molecule has 0 bridgehead atoms. The SMILES string of the molecule is C=C[C@H]1CCC2/C(=C(/C)CO[C@@H]3C[C@H](C)CN(O)C13C)C[C@H]1[C@H]2CCC2=CC(=O)CC[C@@]21C. The average molecular weight is 454 g/mol. The van der Waals surface area contributed by atoms with Crippen molar-refractivity contribution in [3.63, 3.8) is 0 Å². The Hall–Kier alpha value is -1.23. The highest BCUT2D eigenvalue weighted by Gasteiger charge is 2.55. The van der Waals surface area contributed by atoms with E-state index in [1.54, 1.807) is 10.6 Å². The van der Waals surface area contributed by atoms with E-state index in [0.717, 1.165) is 38.5 Å². The first-order valence-electron chi connectivity index (χ1n) is 13.3. The van der Waals surface area contributed by atoms with E-state index < -0.39 is 5.54 Å². The van der Waals surface area contributed by atoms with E-state index in [2.05, 4.69) is 40.3 Å². The monoisotopic (exact) mass is 453 g/mol. The summed E-state index contributed by atoms with van der Waals surface area (Å²) < 4.78 is 6.65. The molecule has 33 heavy (non-hydrogen) atoms. The summed E-state index contributed by atoms with van der Waals surface area (Å²) in [5.41, 5.74) is 4.22. The van der Waals surface area contributed by atoms with Crippen LogP contribution in [0.4, 0.5) is 0 Å². The number of carbonyl (C=O) groups is 1. The number of hydrogen-bond acceptors (Lipinski definition) is 4. The standard InChI is InChI=1S/C29H43NO3/c1-6-20-7-9-23-24-10-8-21-14-22(31)11-12-28(21,4)26(24)15-25(23)19(3)17-33-27-13-18(2)16-30(32)29(20,27)5/h6,14,18,20,23-24,26-27,32H,1,7-13,15-17H2,2-5H3/b25-19-/t18-,20-,23?,24-,26-,27+,28-,29?/m0/s1. The third-order valence-electron chi connectivity index (χ3n) is 10.6. The fraction of sp³-hybridized carbons (Fsp3) is 0.759. The number of rotatable bonds is 1. The van der Waals surface area contributed by atoms with Gasteiger partial charge in [0.25, 0.3) is 0 Å². The Morgan fingerprint density at radius 3 is 2.79 bits per heavy atom. The van der Waals surface area contributed by atoms with Gasteiger partial charge >= 0.3 is 0 Å². The average Bonchev–Trinajstić information content (AvgIpc) is 3.16. The second-order valence-electron chi connectivity index (χ2n) is 12.3. The van der Waals surface area contributed by atoms with Crippen molar-refractivity contribution in [2.45, 2.75) is 90.7 Å². The number of carbonyl (C=O) groups excluding carboxylic acids is 1. The van der Waals surface area contributed by atoms with Gasteiger partial charge < -0.3 is 9.94 Å². The van der Waals surface area contributed by atoms with Crippen molar-refractivity contribution in [2.24, 2.45) is 35.0 Å². The zero-order valence-electron chi connectivity index (χ0n) is 21.1. The zero-order chi connectivity index (χ0) is 23.5. The van der Waals surface area contributed by atoms with Gasteiger partial charge in [0.2, 0.25) is 0 Å². The van der Waals surface area contributed by atoms with Crippen LogP contribution in [0.3, 0.4) is 0 Å². The molecule has 4 heteroatoms. The van der Waals surface area contributed by atoms with Gasteiger partial charge in [-0.3, -0.25) is 4.79 Å². The number of fused-ring (bicyclic) bond motifs is 6. The van der Waals surface area contributed by atoms with Crippen LogP contribution in [0.15, 0.2) is 35.5 Å². The highest BCUT2D eigenvalue weighted by molar-refractivity contribution is 5.91. The van der Waals surface area contributed by atoms with Crippen LogP contribution in [0.2, 0.25) is 0 Å². The molecule has 182 valence electrons. The van der Waals surface area contributed by atoms with Crippen LogP contribution in [-0.2, 0) is 9.53 Å². The van der Waals surface area contributed by atoms with Crippen LogP contribution in [-0.4, -0.2) is 40.8 Å². The first kappa shape index (κ1) is 23.5. The molecule has 2 unspecified atom stereocenters. The molecule has 1 saturated heterocycles. The lowest BCUT2D eigenvalue weighted by Crippen LogP contribution is -2.63. The molecular formula is C29H43NO3. The number of allylic oxidation sites excluding steroid dienone is 3. The van der Waals surface area contributed by atoms with Gasteiger partial charge in [0, 0.05) is 13.0 Å². The van der Waals surface area contributed by atoms with Gasteiger partial charge in [0.05, 0.1) is 18.2 Å².